The maximum absolute atomic E-state index is 11.4. The number of anilines is 1. The highest BCUT2D eigenvalue weighted by Crippen LogP contribution is 2.29. The zero-order chi connectivity index (χ0) is 10.1. The first-order valence-electron chi connectivity index (χ1n) is 4.75. The second-order valence-corrected chi connectivity index (χ2v) is 4.46. The summed E-state index contributed by atoms with van der Waals surface area (Å²) in [7, 11) is 0. The van der Waals surface area contributed by atoms with Gasteiger partial charge in [-0.1, -0.05) is 15.9 Å². The van der Waals surface area contributed by atoms with E-state index in [1.165, 1.54) is 5.56 Å². The molecule has 0 radical (unpaired) electrons. The normalized spacial score (nSPS) is 15.1. The second-order valence-electron chi connectivity index (χ2n) is 3.55. The van der Waals surface area contributed by atoms with Crippen LogP contribution < -0.4 is 4.90 Å². The van der Waals surface area contributed by atoms with Crippen LogP contribution in [-0.2, 0) is 11.2 Å². The third-order valence-electron chi connectivity index (χ3n) is 2.54. The molecule has 0 fully saturated rings. The molecule has 0 saturated carbocycles. The van der Waals surface area contributed by atoms with Gasteiger partial charge in [-0.25, -0.2) is 0 Å². The Hall–Kier alpha value is -0.830. The van der Waals surface area contributed by atoms with Gasteiger partial charge in [-0.15, -0.1) is 0 Å². The van der Waals surface area contributed by atoms with Crippen molar-refractivity contribution in [2.75, 3.05) is 11.4 Å². The minimum absolute atomic E-state index is 0.133. The van der Waals surface area contributed by atoms with Gasteiger partial charge in [0.05, 0.1) is 0 Å². The minimum atomic E-state index is 0.133. The van der Waals surface area contributed by atoms with Crippen LogP contribution in [0.25, 0.3) is 0 Å². The lowest BCUT2D eigenvalue weighted by Gasteiger charge is -2.28. The Bertz CT molecular complexity index is 376. The number of fused-ring (bicyclic) bond motifs is 1. The lowest BCUT2D eigenvalue weighted by molar-refractivity contribution is -0.116. The van der Waals surface area contributed by atoms with Gasteiger partial charge in [0.25, 0.3) is 0 Å². The van der Waals surface area contributed by atoms with Crippen molar-refractivity contribution < 1.29 is 4.79 Å². The first-order chi connectivity index (χ1) is 6.68. The third kappa shape index (κ3) is 1.69. The molecule has 1 aromatic rings. The van der Waals surface area contributed by atoms with E-state index in [9.17, 15) is 4.79 Å². The average molecular weight is 254 g/mol. The van der Waals surface area contributed by atoms with E-state index in [2.05, 4.69) is 22.0 Å². The van der Waals surface area contributed by atoms with Crippen LogP contribution in [0.4, 0.5) is 5.69 Å². The van der Waals surface area contributed by atoms with Crippen LogP contribution in [0.15, 0.2) is 22.7 Å². The smallest absolute Gasteiger partial charge is 0.223 e. The highest BCUT2D eigenvalue weighted by atomic mass is 79.9. The predicted octanol–water partition coefficient (Wildman–Crippen LogP) is 2.75. The van der Waals surface area contributed by atoms with Crippen molar-refractivity contribution in [2.45, 2.75) is 19.8 Å². The van der Waals surface area contributed by atoms with Crippen LogP contribution in [0.3, 0.4) is 0 Å². The Labute approximate surface area is 92.0 Å². The summed E-state index contributed by atoms with van der Waals surface area (Å²) in [6.45, 7) is 2.47. The van der Waals surface area contributed by atoms with Gasteiger partial charge in [-0.05, 0) is 36.6 Å². The van der Waals surface area contributed by atoms with Gasteiger partial charge in [0, 0.05) is 23.6 Å². The number of benzene rings is 1. The van der Waals surface area contributed by atoms with Gasteiger partial charge in [0.2, 0.25) is 5.91 Å². The van der Waals surface area contributed by atoms with Crippen molar-refractivity contribution in [2.24, 2.45) is 0 Å². The van der Waals surface area contributed by atoms with Crippen molar-refractivity contribution in [1.82, 2.24) is 0 Å². The molecular weight excluding hydrogens is 242 g/mol. The van der Waals surface area contributed by atoms with E-state index >= 15 is 0 Å². The summed E-state index contributed by atoms with van der Waals surface area (Å²) in [5, 5.41) is 0. The number of nitrogens with zero attached hydrogens (tertiary/aromatic N) is 1. The quantitative estimate of drug-likeness (QED) is 0.697. The number of rotatable bonds is 0. The first kappa shape index (κ1) is 9.71. The van der Waals surface area contributed by atoms with Crippen LogP contribution >= 0.6 is 15.9 Å². The molecule has 1 aromatic carbocycles. The summed E-state index contributed by atoms with van der Waals surface area (Å²) in [6.07, 6.45) is 2.13. The molecule has 0 N–H and O–H groups in total. The van der Waals surface area contributed by atoms with Gasteiger partial charge >= 0.3 is 0 Å². The van der Waals surface area contributed by atoms with E-state index in [-0.39, 0.29) is 5.91 Å². The molecule has 0 aliphatic carbocycles. The number of amides is 1. The summed E-state index contributed by atoms with van der Waals surface area (Å²) < 4.78 is 1.08. The van der Waals surface area contributed by atoms with Crippen molar-refractivity contribution in [3.63, 3.8) is 0 Å². The summed E-state index contributed by atoms with van der Waals surface area (Å²) in [4.78, 5) is 13.2. The Balaban J connectivity index is 2.44. The Morgan fingerprint density at radius 3 is 3.00 bits per heavy atom. The van der Waals surface area contributed by atoms with Gasteiger partial charge < -0.3 is 4.90 Å². The average Bonchev–Trinajstić information content (AvgIpc) is 2.16. The SMILES string of the molecule is CC(=O)N1CCCc2cc(Br)ccc21. The topological polar surface area (TPSA) is 20.3 Å². The second kappa shape index (κ2) is 3.73. The monoisotopic (exact) mass is 253 g/mol. The summed E-state index contributed by atoms with van der Waals surface area (Å²) in [5.41, 5.74) is 2.34. The standard InChI is InChI=1S/C11H12BrNO/c1-8(14)13-6-2-3-9-7-10(12)4-5-11(9)13/h4-5,7H,2-3,6H2,1H3. The van der Waals surface area contributed by atoms with Crippen molar-refractivity contribution in [3.8, 4) is 0 Å². The highest BCUT2D eigenvalue weighted by molar-refractivity contribution is 9.10. The molecular formula is C11H12BrNO. The van der Waals surface area contributed by atoms with Crippen molar-refractivity contribution >= 4 is 27.5 Å². The van der Waals surface area contributed by atoms with E-state index in [0.717, 1.165) is 29.5 Å². The van der Waals surface area contributed by atoms with Crippen molar-refractivity contribution in [1.29, 1.82) is 0 Å². The summed E-state index contributed by atoms with van der Waals surface area (Å²) in [5.74, 6) is 0.133. The fourth-order valence-corrected chi connectivity index (χ4v) is 2.30. The van der Waals surface area contributed by atoms with Crippen LogP contribution in [0.1, 0.15) is 18.9 Å². The van der Waals surface area contributed by atoms with E-state index in [1.54, 1.807) is 6.92 Å². The van der Waals surface area contributed by atoms with Crippen LogP contribution in [-0.4, -0.2) is 12.5 Å². The molecule has 0 aromatic heterocycles. The molecule has 2 rings (SSSR count). The van der Waals surface area contributed by atoms with E-state index < -0.39 is 0 Å². The number of aryl methyl sites for hydroxylation is 1. The zero-order valence-corrected chi connectivity index (χ0v) is 9.67. The van der Waals surface area contributed by atoms with Crippen LogP contribution in [0.5, 0.6) is 0 Å². The minimum Gasteiger partial charge on any atom is -0.312 e. The molecule has 0 unspecified atom stereocenters. The van der Waals surface area contributed by atoms with Crippen LogP contribution in [0, 0.1) is 0 Å². The fourth-order valence-electron chi connectivity index (χ4n) is 1.89. The maximum Gasteiger partial charge on any atom is 0.223 e. The van der Waals surface area contributed by atoms with Gasteiger partial charge in [0.15, 0.2) is 0 Å². The number of carbonyl (C=O) groups excluding carboxylic acids is 1. The molecule has 3 heteroatoms. The maximum atomic E-state index is 11.4. The molecule has 2 nitrogen and oxygen atoms in total. The Morgan fingerprint density at radius 1 is 1.50 bits per heavy atom. The molecule has 0 bridgehead atoms. The van der Waals surface area contributed by atoms with Gasteiger partial charge in [0.1, 0.15) is 0 Å². The predicted molar refractivity (Wildman–Crippen MR) is 60.5 cm³/mol. The molecule has 1 heterocycles. The Kier molecular flexibility index (Phi) is 2.59. The highest BCUT2D eigenvalue weighted by Gasteiger charge is 2.19. The molecule has 74 valence electrons. The number of carbonyl (C=O) groups is 1. The summed E-state index contributed by atoms with van der Waals surface area (Å²) in [6, 6.07) is 6.10. The summed E-state index contributed by atoms with van der Waals surface area (Å²) >= 11 is 3.44. The largest absolute Gasteiger partial charge is 0.312 e. The molecule has 1 aliphatic heterocycles. The van der Waals surface area contributed by atoms with E-state index in [1.807, 2.05) is 17.0 Å². The molecule has 0 spiro atoms. The van der Waals surface area contributed by atoms with Crippen LogP contribution in [0.2, 0.25) is 0 Å². The van der Waals surface area contributed by atoms with E-state index in [4.69, 9.17) is 0 Å². The van der Waals surface area contributed by atoms with Crippen molar-refractivity contribution in [3.05, 3.63) is 28.2 Å². The molecule has 0 saturated heterocycles. The van der Waals surface area contributed by atoms with Gasteiger partial charge in [-0.2, -0.15) is 0 Å². The Morgan fingerprint density at radius 2 is 2.29 bits per heavy atom. The lowest BCUT2D eigenvalue weighted by atomic mass is 10.0. The fraction of sp³-hybridized carbons (Fsp3) is 0.364. The number of halogens is 1. The number of hydrogen-bond donors (Lipinski definition) is 0. The molecule has 1 amide bonds. The first-order valence-corrected chi connectivity index (χ1v) is 5.54. The zero-order valence-electron chi connectivity index (χ0n) is 8.09. The molecule has 14 heavy (non-hydrogen) atoms. The molecule has 0 atom stereocenters. The molecule has 1 aliphatic rings. The third-order valence-corrected chi connectivity index (χ3v) is 3.03. The lowest BCUT2D eigenvalue weighted by Crippen LogP contribution is -2.33. The van der Waals surface area contributed by atoms with Gasteiger partial charge in [-0.3, -0.25) is 4.79 Å². The van der Waals surface area contributed by atoms with E-state index in [0.29, 0.717) is 0 Å². The number of hydrogen-bond acceptors (Lipinski definition) is 1.